The molecule has 224 valence electrons. The van der Waals surface area contributed by atoms with Gasteiger partial charge in [-0.1, -0.05) is 31.5 Å². The van der Waals surface area contributed by atoms with Gasteiger partial charge in [-0.05, 0) is 74.4 Å². The van der Waals surface area contributed by atoms with Crippen molar-refractivity contribution in [1.29, 1.82) is 0 Å². The summed E-state index contributed by atoms with van der Waals surface area (Å²) in [6.45, 7) is 5.69. The summed E-state index contributed by atoms with van der Waals surface area (Å²) in [5, 5.41) is 5.21. The zero-order valence-corrected chi connectivity index (χ0v) is 24.8. The number of fused-ring (bicyclic) bond motifs is 1. The molecule has 0 saturated carbocycles. The fraction of sp³-hybridized carbons (Fsp3) is 0.533. The van der Waals surface area contributed by atoms with Gasteiger partial charge < -0.3 is 24.0 Å². The summed E-state index contributed by atoms with van der Waals surface area (Å²) in [4.78, 5) is 30.9. The number of aryl methyl sites for hydroxylation is 2. The lowest BCUT2D eigenvalue weighted by Gasteiger charge is -2.44. The highest BCUT2D eigenvalue weighted by Gasteiger charge is 2.46. The highest BCUT2D eigenvalue weighted by molar-refractivity contribution is 7.89. The van der Waals surface area contributed by atoms with Gasteiger partial charge >= 0.3 is 0 Å². The van der Waals surface area contributed by atoms with Crippen molar-refractivity contribution in [3.8, 4) is 11.5 Å². The Labute approximate surface area is 242 Å². The Morgan fingerprint density at radius 3 is 2.68 bits per heavy atom. The first-order valence-electron chi connectivity index (χ1n) is 14.3. The number of amides is 2. The van der Waals surface area contributed by atoms with Gasteiger partial charge in [0.1, 0.15) is 18.1 Å². The molecule has 2 heterocycles. The third-order valence-electron chi connectivity index (χ3n) is 7.69. The van der Waals surface area contributed by atoms with E-state index in [9.17, 15) is 18.0 Å². The number of carbonyl (C=O) groups is 2. The first-order chi connectivity index (χ1) is 19.6. The van der Waals surface area contributed by atoms with E-state index in [2.05, 4.69) is 13.0 Å². The van der Waals surface area contributed by atoms with Crippen molar-refractivity contribution < 1.29 is 32.2 Å². The molecule has 41 heavy (non-hydrogen) atoms. The molecule has 1 fully saturated rings. The SMILES string of the molecule is CCCCN1CCOc2ccccc2CCCCC2(CN(C(=O)COc3ccc(S(N)(=O)=O)cc3C)CCO2)C1=O. The minimum absolute atomic E-state index is 0.0219. The van der Waals surface area contributed by atoms with Crippen LogP contribution < -0.4 is 14.6 Å². The molecule has 11 heteroatoms. The van der Waals surface area contributed by atoms with Gasteiger partial charge in [-0.3, -0.25) is 9.59 Å². The third kappa shape index (κ3) is 7.78. The zero-order chi connectivity index (χ0) is 29.5. The minimum atomic E-state index is -3.84. The maximum Gasteiger partial charge on any atom is 0.260 e. The van der Waals surface area contributed by atoms with Crippen LogP contribution in [0.1, 0.15) is 50.2 Å². The van der Waals surface area contributed by atoms with Crippen molar-refractivity contribution in [2.24, 2.45) is 5.14 Å². The van der Waals surface area contributed by atoms with Crippen molar-refractivity contribution in [3.63, 3.8) is 0 Å². The van der Waals surface area contributed by atoms with Crippen LogP contribution in [0.5, 0.6) is 11.5 Å². The fourth-order valence-electron chi connectivity index (χ4n) is 5.37. The topological polar surface area (TPSA) is 128 Å². The summed E-state index contributed by atoms with van der Waals surface area (Å²) in [6.07, 6.45) is 4.77. The van der Waals surface area contributed by atoms with E-state index in [4.69, 9.17) is 19.3 Å². The largest absolute Gasteiger partial charge is 0.491 e. The molecule has 0 bridgehead atoms. The molecular weight excluding hydrogens is 546 g/mol. The number of benzene rings is 2. The van der Waals surface area contributed by atoms with Crippen molar-refractivity contribution in [2.75, 3.05) is 46.0 Å². The number of rotatable bonds is 7. The minimum Gasteiger partial charge on any atom is -0.491 e. The number of ether oxygens (including phenoxy) is 3. The summed E-state index contributed by atoms with van der Waals surface area (Å²) < 4.78 is 41.4. The van der Waals surface area contributed by atoms with Crippen LogP contribution in [0.25, 0.3) is 0 Å². The monoisotopic (exact) mass is 587 g/mol. The van der Waals surface area contributed by atoms with Crippen LogP contribution >= 0.6 is 0 Å². The second kappa shape index (κ2) is 13.7. The number of carbonyl (C=O) groups excluding carboxylic acids is 2. The Balaban J connectivity index is 1.49. The number of hydrogen-bond acceptors (Lipinski definition) is 7. The molecule has 1 spiro atoms. The van der Waals surface area contributed by atoms with E-state index >= 15 is 0 Å². The average molecular weight is 588 g/mol. The first-order valence-corrected chi connectivity index (χ1v) is 15.9. The Hall–Kier alpha value is -3.15. The molecular formula is C30H41N3O7S. The molecule has 2 aliphatic rings. The summed E-state index contributed by atoms with van der Waals surface area (Å²) in [6, 6.07) is 12.3. The Morgan fingerprint density at radius 1 is 1.12 bits per heavy atom. The van der Waals surface area contributed by atoms with Gasteiger partial charge in [-0.15, -0.1) is 0 Å². The molecule has 1 atom stereocenters. The molecule has 0 aromatic heterocycles. The number of unbranched alkanes of at least 4 members (excludes halogenated alkanes) is 1. The van der Waals surface area contributed by atoms with E-state index in [1.165, 1.54) is 18.2 Å². The van der Waals surface area contributed by atoms with E-state index in [0.29, 0.717) is 44.0 Å². The number of hydrogen-bond donors (Lipinski definition) is 1. The van der Waals surface area contributed by atoms with Crippen molar-refractivity contribution >= 4 is 21.8 Å². The van der Waals surface area contributed by atoms with Gasteiger partial charge in [0.25, 0.3) is 11.8 Å². The number of nitrogens with two attached hydrogens (primary N) is 1. The number of morpholine rings is 1. The predicted molar refractivity (Wildman–Crippen MR) is 154 cm³/mol. The predicted octanol–water partition coefficient (Wildman–Crippen LogP) is 3.05. The van der Waals surface area contributed by atoms with Crippen LogP contribution in [-0.4, -0.2) is 81.6 Å². The maximum absolute atomic E-state index is 14.1. The van der Waals surface area contributed by atoms with Crippen LogP contribution in [0.15, 0.2) is 47.4 Å². The summed E-state index contributed by atoms with van der Waals surface area (Å²) in [5.41, 5.74) is 0.569. The molecule has 0 aliphatic carbocycles. The molecule has 1 unspecified atom stereocenters. The second-order valence-electron chi connectivity index (χ2n) is 10.7. The number of para-hydroxylation sites is 1. The van der Waals surface area contributed by atoms with Gasteiger partial charge in [0.15, 0.2) is 12.2 Å². The maximum atomic E-state index is 14.1. The molecule has 0 radical (unpaired) electrons. The Morgan fingerprint density at radius 2 is 1.93 bits per heavy atom. The summed E-state index contributed by atoms with van der Waals surface area (Å²) >= 11 is 0. The second-order valence-corrected chi connectivity index (χ2v) is 12.3. The van der Waals surface area contributed by atoms with Crippen molar-refractivity contribution in [3.05, 3.63) is 53.6 Å². The zero-order valence-electron chi connectivity index (χ0n) is 24.0. The highest BCUT2D eigenvalue weighted by atomic mass is 32.2. The lowest BCUT2D eigenvalue weighted by molar-refractivity contribution is -0.177. The molecule has 2 aliphatic heterocycles. The number of primary sulfonamides is 1. The van der Waals surface area contributed by atoms with Crippen LogP contribution in [0.4, 0.5) is 0 Å². The molecule has 2 aromatic rings. The van der Waals surface area contributed by atoms with Gasteiger partial charge in [-0.25, -0.2) is 13.6 Å². The van der Waals surface area contributed by atoms with Crippen LogP contribution in [0, 0.1) is 6.92 Å². The Kier molecular flexibility index (Phi) is 10.3. The van der Waals surface area contributed by atoms with E-state index in [-0.39, 0.29) is 36.5 Å². The normalized spacial score (nSPS) is 20.5. The van der Waals surface area contributed by atoms with Gasteiger partial charge in [-0.2, -0.15) is 0 Å². The summed E-state index contributed by atoms with van der Waals surface area (Å²) in [7, 11) is -3.84. The van der Waals surface area contributed by atoms with Crippen molar-refractivity contribution in [2.45, 2.75) is 62.9 Å². The molecule has 2 aromatic carbocycles. The van der Waals surface area contributed by atoms with Crippen LogP contribution in [-0.2, 0) is 30.8 Å². The lowest BCUT2D eigenvalue weighted by Crippen LogP contribution is -2.62. The first kappa shape index (κ1) is 30.8. The van der Waals surface area contributed by atoms with Crippen molar-refractivity contribution in [1.82, 2.24) is 9.80 Å². The molecule has 10 nitrogen and oxygen atoms in total. The van der Waals surface area contributed by atoms with E-state index in [1.54, 1.807) is 11.8 Å². The van der Waals surface area contributed by atoms with E-state index < -0.39 is 15.6 Å². The fourth-order valence-corrected chi connectivity index (χ4v) is 5.97. The molecule has 2 amide bonds. The van der Waals surface area contributed by atoms with E-state index in [1.807, 2.05) is 23.1 Å². The van der Waals surface area contributed by atoms with Gasteiger partial charge in [0.2, 0.25) is 10.0 Å². The van der Waals surface area contributed by atoms with Crippen LogP contribution in [0.2, 0.25) is 0 Å². The van der Waals surface area contributed by atoms with E-state index in [0.717, 1.165) is 43.4 Å². The van der Waals surface area contributed by atoms with Gasteiger partial charge in [0, 0.05) is 13.1 Å². The quantitative estimate of drug-likeness (QED) is 0.527. The molecule has 1 saturated heterocycles. The summed E-state index contributed by atoms with van der Waals surface area (Å²) in [5.74, 6) is 0.892. The lowest BCUT2D eigenvalue weighted by atomic mass is 9.90. The third-order valence-corrected chi connectivity index (χ3v) is 8.60. The Bertz CT molecular complexity index is 1330. The number of nitrogens with zero attached hydrogens (tertiary/aromatic N) is 2. The molecule has 4 rings (SSSR count). The highest BCUT2D eigenvalue weighted by Crippen LogP contribution is 2.30. The molecule has 2 N–H and O–H groups in total. The number of sulfonamides is 1. The smallest absolute Gasteiger partial charge is 0.260 e. The van der Waals surface area contributed by atoms with Crippen LogP contribution in [0.3, 0.4) is 0 Å². The average Bonchev–Trinajstić information content (AvgIpc) is 2.95. The standard InChI is InChI=1S/C30H41N3O7S/c1-3-4-15-32-16-18-38-27-11-6-5-9-24(27)10-7-8-14-30(29(32)35)22-33(17-19-40-30)28(34)21-39-26-13-12-25(20-23(26)2)41(31,36)37/h5-6,9,11-13,20H,3-4,7-8,10,14-19,21-22H2,1-2H3,(H2,31,36,37). The van der Waals surface area contributed by atoms with Gasteiger partial charge in [0.05, 0.1) is 24.6 Å².